The highest BCUT2D eigenvalue weighted by Gasteiger charge is 2.30. The van der Waals surface area contributed by atoms with Gasteiger partial charge in [0.25, 0.3) is 0 Å². The van der Waals surface area contributed by atoms with E-state index in [1.807, 2.05) is 32.0 Å². The lowest BCUT2D eigenvalue weighted by Gasteiger charge is -2.23. The minimum absolute atomic E-state index is 0.202. The van der Waals surface area contributed by atoms with Crippen molar-refractivity contribution in [3.05, 3.63) is 29.3 Å². The van der Waals surface area contributed by atoms with E-state index in [1.54, 1.807) is 7.11 Å². The molecule has 2 atom stereocenters. The van der Waals surface area contributed by atoms with Crippen molar-refractivity contribution in [2.24, 2.45) is 0 Å². The van der Waals surface area contributed by atoms with Crippen LogP contribution < -0.4 is 10.1 Å². The highest BCUT2D eigenvalue weighted by molar-refractivity contribution is 5.38. The quantitative estimate of drug-likeness (QED) is 0.877. The van der Waals surface area contributed by atoms with Gasteiger partial charge in [-0.3, -0.25) is 0 Å². The molecule has 1 aromatic rings. The predicted octanol–water partition coefficient (Wildman–Crippen LogP) is 4.00. The number of hydrogen-bond acceptors (Lipinski definition) is 2. The molecule has 0 fully saturated rings. The van der Waals surface area contributed by atoms with Gasteiger partial charge in [-0.2, -0.15) is 13.2 Å². The number of rotatable bonds is 5. The third kappa shape index (κ3) is 5.11. The van der Waals surface area contributed by atoms with E-state index in [0.29, 0.717) is 5.75 Å². The normalized spacial score (nSPS) is 15.1. The van der Waals surface area contributed by atoms with Crippen molar-refractivity contribution in [2.75, 3.05) is 7.11 Å². The Kier molecular flexibility index (Phi) is 5.23. The largest absolute Gasteiger partial charge is 0.496 e. The zero-order chi connectivity index (χ0) is 14.6. The lowest BCUT2D eigenvalue weighted by Crippen LogP contribution is -2.33. The molecule has 5 heteroatoms. The number of hydrogen-bond donors (Lipinski definition) is 1. The summed E-state index contributed by atoms with van der Waals surface area (Å²) in [6.07, 6.45) is -4.99. The summed E-state index contributed by atoms with van der Waals surface area (Å²) < 4.78 is 42.2. The van der Waals surface area contributed by atoms with E-state index in [1.165, 1.54) is 6.92 Å². The molecule has 1 rings (SSSR count). The average Bonchev–Trinajstić information content (AvgIpc) is 2.26. The monoisotopic (exact) mass is 275 g/mol. The maximum atomic E-state index is 12.3. The number of nitrogens with one attached hydrogen (secondary N) is 1. The molecule has 0 spiro atoms. The second-order valence-electron chi connectivity index (χ2n) is 4.85. The van der Waals surface area contributed by atoms with E-state index in [-0.39, 0.29) is 6.04 Å². The molecule has 0 saturated carbocycles. The van der Waals surface area contributed by atoms with Gasteiger partial charge in [0.1, 0.15) is 5.75 Å². The number of aryl methyl sites for hydroxylation is 1. The maximum absolute atomic E-state index is 12.3. The van der Waals surface area contributed by atoms with Crippen molar-refractivity contribution in [1.82, 2.24) is 5.32 Å². The Morgan fingerprint density at radius 2 is 1.89 bits per heavy atom. The summed E-state index contributed by atoms with van der Waals surface area (Å²) in [5, 5.41) is 2.95. The summed E-state index contributed by atoms with van der Waals surface area (Å²) in [5.74, 6) is 0.685. The molecule has 19 heavy (non-hydrogen) atoms. The van der Waals surface area contributed by atoms with Crippen molar-refractivity contribution >= 4 is 0 Å². The minimum atomic E-state index is -4.15. The lowest BCUT2D eigenvalue weighted by molar-refractivity contribution is -0.139. The van der Waals surface area contributed by atoms with Gasteiger partial charge in [0.2, 0.25) is 0 Å². The van der Waals surface area contributed by atoms with E-state index in [9.17, 15) is 13.2 Å². The first kappa shape index (κ1) is 15.8. The maximum Gasteiger partial charge on any atom is 0.390 e. The Morgan fingerprint density at radius 3 is 2.42 bits per heavy atom. The Labute approximate surface area is 112 Å². The van der Waals surface area contributed by atoms with Crippen LogP contribution in [0.4, 0.5) is 13.2 Å². The molecule has 0 bridgehead atoms. The molecule has 0 radical (unpaired) electrons. The van der Waals surface area contributed by atoms with Gasteiger partial charge in [0.05, 0.1) is 13.5 Å². The van der Waals surface area contributed by atoms with Gasteiger partial charge in [-0.15, -0.1) is 0 Å². The molecule has 2 unspecified atom stereocenters. The SMILES string of the molecule is COc1ccc(C)cc1C(C)NC(C)CC(F)(F)F. The van der Waals surface area contributed by atoms with Crippen molar-refractivity contribution in [3.8, 4) is 5.75 Å². The van der Waals surface area contributed by atoms with E-state index < -0.39 is 18.6 Å². The molecule has 108 valence electrons. The van der Waals surface area contributed by atoms with Crippen LogP contribution in [-0.2, 0) is 0 Å². The Balaban J connectivity index is 2.77. The number of halogens is 3. The van der Waals surface area contributed by atoms with E-state index >= 15 is 0 Å². The van der Waals surface area contributed by atoms with Crippen LogP contribution >= 0.6 is 0 Å². The van der Waals surface area contributed by atoms with Gasteiger partial charge in [-0.05, 0) is 26.8 Å². The standard InChI is InChI=1S/C14H20F3NO/c1-9-5-6-13(19-4)12(7-9)11(3)18-10(2)8-14(15,16)17/h5-7,10-11,18H,8H2,1-4H3. The molecule has 2 nitrogen and oxygen atoms in total. The highest BCUT2D eigenvalue weighted by atomic mass is 19.4. The topological polar surface area (TPSA) is 21.3 Å². The summed E-state index contributed by atoms with van der Waals surface area (Å²) in [4.78, 5) is 0. The van der Waals surface area contributed by atoms with Crippen molar-refractivity contribution in [1.29, 1.82) is 0 Å². The van der Waals surface area contributed by atoms with Gasteiger partial charge in [-0.1, -0.05) is 17.7 Å². The predicted molar refractivity (Wildman–Crippen MR) is 69.4 cm³/mol. The van der Waals surface area contributed by atoms with Crippen molar-refractivity contribution < 1.29 is 17.9 Å². The number of methoxy groups -OCH3 is 1. The minimum Gasteiger partial charge on any atom is -0.496 e. The van der Waals surface area contributed by atoms with E-state index in [2.05, 4.69) is 5.32 Å². The Bertz CT molecular complexity index is 418. The summed E-state index contributed by atoms with van der Waals surface area (Å²) in [7, 11) is 1.56. The molecule has 0 saturated heterocycles. The molecule has 0 aliphatic rings. The van der Waals surface area contributed by atoms with Crippen LogP contribution in [0, 0.1) is 6.92 Å². The molecule has 0 aromatic heterocycles. The summed E-state index contributed by atoms with van der Waals surface area (Å²) in [5.41, 5.74) is 1.92. The average molecular weight is 275 g/mol. The van der Waals surface area contributed by atoms with Gasteiger partial charge < -0.3 is 10.1 Å². The number of alkyl halides is 3. The lowest BCUT2D eigenvalue weighted by atomic mass is 10.0. The molecule has 0 aliphatic carbocycles. The third-order valence-electron chi connectivity index (χ3n) is 2.92. The van der Waals surface area contributed by atoms with Gasteiger partial charge >= 0.3 is 6.18 Å². The molecule has 0 amide bonds. The molecule has 1 aromatic carbocycles. The van der Waals surface area contributed by atoms with Gasteiger partial charge in [-0.25, -0.2) is 0 Å². The summed E-state index contributed by atoms with van der Waals surface area (Å²) >= 11 is 0. The fraction of sp³-hybridized carbons (Fsp3) is 0.571. The van der Waals surface area contributed by atoms with Crippen LogP contribution in [-0.4, -0.2) is 19.3 Å². The molecule has 0 aliphatic heterocycles. The number of benzene rings is 1. The Hall–Kier alpha value is -1.23. The van der Waals surface area contributed by atoms with Crippen LogP contribution in [0.1, 0.15) is 37.4 Å². The second-order valence-corrected chi connectivity index (χ2v) is 4.85. The fourth-order valence-electron chi connectivity index (χ4n) is 2.11. The molecule has 0 heterocycles. The molecular weight excluding hydrogens is 255 g/mol. The van der Waals surface area contributed by atoms with Crippen LogP contribution in [0.3, 0.4) is 0 Å². The molecular formula is C14H20F3NO. The first-order chi connectivity index (χ1) is 8.73. The van der Waals surface area contributed by atoms with Crippen molar-refractivity contribution in [2.45, 2.75) is 45.5 Å². The van der Waals surface area contributed by atoms with Gasteiger partial charge in [0.15, 0.2) is 0 Å². The van der Waals surface area contributed by atoms with Crippen molar-refractivity contribution in [3.63, 3.8) is 0 Å². The second kappa shape index (κ2) is 6.28. The number of ether oxygens (including phenoxy) is 1. The van der Waals surface area contributed by atoms with Crippen LogP contribution in [0.25, 0.3) is 0 Å². The van der Waals surface area contributed by atoms with Crippen LogP contribution in [0.2, 0.25) is 0 Å². The van der Waals surface area contributed by atoms with Crippen LogP contribution in [0.5, 0.6) is 5.75 Å². The summed E-state index contributed by atoms with van der Waals surface area (Å²) in [6, 6.07) is 4.83. The Morgan fingerprint density at radius 1 is 1.26 bits per heavy atom. The third-order valence-corrected chi connectivity index (χ3v) is 2.92. The van der Waals surface area contributed by atoms with E-state index in [0.717, 1.165) is 11.1 Å². The van der Waals surface area contributed by atoms with Gasteiger partial charge in [0, 0.05) is 17.6 Å². The van der Waals surface area contributed by atoms with Crippen LogP contribution in [0.15, 0.2) is 18.2 Å². The molecule has 1 N–H and O–H groups in total. The van der Waals surface area contributed by atoms with E-state index in [4.69, 9.17) is 4.74 Å². The zero-order valence-electron chi connectivity index (χ0n) is 11.6. The summed E-state index contributed by atoms with van der Waals surface area (Å²) in [6.45, 7) is 5.31. The smallest absolute Gasteiger partial charge is 0.390 e. The fourth-order valence-corrected chi connectivity index (χ4v) is 2.11. The first-order valence-corrected chi connectivity index (χ1v) is 6.20. The first-order valence-electron chi connectivity index (χ1n) is 6.20. The zero-order valence-corrected chi connectivity index (χ0v) is 11.6. The highest BCUT2D eigenvalue weighted by Crippen LogP contribution is 2.28.